The number of imidazole rings is 1. The van der Waals surface area contributed by atoms with E-state index in [1.165, 1.54) is 5.56 Å². The molecule has 0 saturated heterocycles. The molecule has 4 nitrogen and oxygen atoms in total. The molecule has 1 aliphatic rings. The Kier molecular flexibility index (Phi) is 2.70. The lowest BCUT2D eigenvalue weighted by molar-refractivity contribution is 0.357. The lowest BCUT2D eigenvalue weighted by Gasteiger charge is -2.15. The number of nitrogens with one attached hydrogen (secondary N) is 1. The summed E-state index contributed by atoms with van der Waals surface area (Å²) in [6, 6.07) is 6.45. The Morgan fingerprint density at radius 2 is 2.33 bits per heavy atom. The highest BCUT2D eigenvalue weighted by molar-refractivity contribution is 5.53. The first-order valence-electron chi connectivity index (χ1n) is 6.23. The number of rotatable bonds is 3. The molecule has 1 atom stereocenters. The van der Waals surface area contributed by atoms with E-state index in [-0.39, 0.29) is 6.04 Å². The van der Waals surface area contributed by atoms with Crippen molar-refractivity contribution < 1.29 is 4.74 Å². The van der Waals surface area contributed by atoms with E-state index in [1.54, 1.807) is 0 Å². The minimum absolute atomic E-state index is 0.186. The van der Waals surface area contributed by atoms with Gasteiger partial charge < -0.3 is 14.6 Å². The fourth-order valence-electron chi connectivity index (χ4n) is 2.39. The van der Waals surface area contributed by atoms with Crippen molar-refractivity contribution in [3.05, 3.63) is 42.0 Å². The molecular formula is C14H17N3O. The summed E-state index contributed by atoms with van der Waals surface area (Å²) in [5.74, 6) is 2.05. The first kappa shape index (κ1) is 11.1. The lowest BCUT2D eigenvalue weighted by atomic mass is 10.1. The van der Waals surface area contributed by atoms with Crippen molar-refractivity contribution in [3.8, 4) is 5.75 Å². The molecule has 0 saturated carbocycles. The summed E-state index contributed by atoms with van der Waals surface area (Å²) in [7, 11) is 2.01. The van der Waals surface area contributed by atoms with Gasteiger partial charge in [-0.2, -0.15) is 0 Å². The zero-order valence-corrected chi connectivity index (χ0v) is 10.7. The average Bonchev–Trinajstić information content (AvgIpc) is 2.96. The van der Waals surface area contributed by atoms with Crippen molar-refractivity contribution in [2.75, 3.05) is 11.9 Å². The molecule has 4 heteroatoms. The molecule has 18 heavy (non-hydrogen) atoms. The van der Waals surface area contributed by atoms with Crippen LogP contribution in [0.25, 0.3) is 0 Å². The number of ether oxygens (including phenoxy) is 1. The normalized spacial score (nSPS) is 15.0. The monoisotopic (exact) mass is 243 g/mol. The number of anilines is 1. The van der Waals surface area contributed by atoms with Gasteiger partial charge in [-0.15, -0.1) is 0 Å². The van der Waals surface area contributed by atoms with Crippen LogP contribution in [-0.2, 0) is 13.5 Å². The Hall–Kier alpha value is -1.97. The van der Waals surface area contributed by atoms with Gasteiger partial charge in [0.05, 0.1) is 12.6 Å². The van der Waals surface area contributed by atoms with Gasteiger partial charge in [0, 0.05) is 31.5 Å². The molecule has 0 radical (unpaired) electrons. The van der Waals surface area contributed by atoms with E-state index in [0.717, 1.165) is 30.3 Å². The molecule has 94 valence electrons. The molecular weight excluding hydrogens is 226 g/mol. The van der Waals surface area contributed by atoms with E-state index < -0.39 is 0 Å². The second-order valence-electron chi connectivity index (χ2n) is 4.68. The van der Waals surface area contributed by atoms with Gasteiger partial charge in [0.25, 0.3) is 0 Å². The third-order valence-corrected chi connectivity index (χ3v) is 3.32. The fraction of sp³-hybridized carbons (Fsp3) is 0.357. The number of aryl methyl sites for hydroxylation is 1. The van der Waals surface area contributed by atoms with Crippen molar-refractivity contribution in [1.29, 1.82) is 0 Å². The minimum Gasteiger partial charge on any atom is -0.493 e. The Labute approximate surface area is 107 Å². The van der Waals surface area contributed by atoms with Crippen molar-refractivity contribution >= 4 is 5.69 Å². The van der Waals surface area contributed by atoms with Crippen LogP contribution in [0.1, 0.15) is 24.4 Å². The molecule has 2 aromatic rings. The van der Waals surface area contributed by atoms with E-state index in [9.17, 15) is 0 Å². The topological polar surface area (TPSA) is 39.1 Å². The van der Waals surface area contributed by atoms with Gasteiger partial charge in [-0.05, 0) is 30.7 Å². The van der Waals surface area contributed by atoms with Crippen molar-refractivity contribution in [1.82, 2.24) is 9.55 Å². The average molecular weight is 243 g/mol. The number of hydrogen-bond acceptors (Lipinski definition) is 3. The van der Waals surface area contributed by atoms with Crippen LogP contribution in [0.4, 0.5) is 5.69 Å². The van der Waals surface area contributed by atoms with Crippen LogP contribution in [0.15, 0.2) is 30.6 Å². The van der Waals surface area contributed by atoms with Crippen LogP contribution >= 0.6 is 0 Å². The Bertz CT molecular complexity index is 562. The molecule has 0 aliphatic carbocycles. The number of hydrogen-bond donors (Lipinski definition) is 1. The van der Waals surface area contributed by atoms with Gasteiger partial charge in [0.15, 0.2) is 0 Å². The predicted octanol–water partition coefficient (Wildman–Crippen LogP) is 2.53. The third-order valence-electron chi connectivity index (χ3n) is 3.32. The lowest BCUT2D eigenvalue weighted by Crippen LogP contribution is -2.11. The van der Waals surface area contributed by atoms with E-state index in [4.69, 9.17) is 4.74 Å². The van der Waals surface area contributed by atoms with Crippen LogP contribution in [0.2, 0.25) is 0 Å². The Morgan fingerprint density at radius 3 is 3.11 bits per heavy atom. The summed E-state index contributed by atoms with van der Waals surface area (Å²) in [5, 5.41) is 3.48. The first-order valence-corrected chi connectivity index (χ1v) is 6.23. The third kappa shape index (κ3) is 1.94. The van der Waals surface area contributed by atoms with E-state index in [2.05, 4.69) is 29.4 Å². The summed E-state index contributed by atoms with van der Waals surface area (Å²) < 4.78 is 7.54. The van der Waals surface area contributed by atoms with E-state index in [1.807, 2.05) is 30.1 Å². The molecule has 0 fully saturated rings. The number of aromatic nitrogens is 2. The molecule has 3 rings (SSSR count). The predicted molar refractivity (Wildman–Crippen MR) is 70.9 cm³/mol. The van der Waals surface area contributed by atoms with Crippen molar-refractivity contribution in [2.24, 2.45) is 7.05 Å². The van der Waals surface area contributed by atoms with Gasteiger partial charge >= 0.3 is 0 Å². The van der Waals surface area contributed by atoms with Gasteiger partial charge in [0.1, 0.15) is 11.6 Å². The van der Waals surface area contributed by atoms with Crippen molar-refractivity contribution in [2.45, 2.75) is 19.4 Å². The SMILES string of the molecule is CC(Nc1ccc2c(c1)CCO2)c1nccn1C. The quantitative estimate of drug-likeness (QED) is 0.900. The smallest absolute Gasteiger partial charge is 0.130 e. The van der Waals surface area contributed by atoms with Crippen LogP contribution < -0.4 is 10.1 Å². The zero-order chi connectivity index (χ0) is 12.5. The minimum atomic E-state index is 0.186. The second kappa shape index (κ2) is 4.37. The molecule has 1 aromatic heterocycles. The first-order chi connectivity index (χ1) is 8.74. The highest BCUT2D eigenvalue weighted by atomic mass is 16.5. The summed E-state index contributed by atoms with van der Waals surface area (Å²) in [4.78, 5) is 4.36. The molecule has 2 heterocycles. The van der Waals surface area contributed by atoms with Crippen LogP contribution in [0, 0.1) is 0 Å². The standard InChI is InChI=1S/C14H17N3O/c1-10(14-15-6-7-17(14)2)16-12-3-4-13-11(9-12)5-8-18-13/h3-4,6-7,9-10,16H,5,8H2,1-2H3. The molecule has 0 amide bonds. The Morgan fingerprint density at radius 1 is 1.44 bits per heavy atom. The van der Waals surface area contributed by atoms with Gasteiger partial charge in [0.2, 0.25) is 0 Å². The maximum atomic E-state index is 5.51. The summed E-state index contributed by atoms with van der Waals surface area (Å²) >= 11 is 0. The second-order valence-corrected chi connectivity index (χ2v) is 4.68. The summed E-state index contributed by atoms with van der Waals surface area (Å²) in [5.41, 5.74) is 2.40. The Balaban J connectivity index is 1.79. The van der Waals surface area contributed by atoms with Gasteiger partial charge in [-0.1, -0.05) is 0 Å². The molecule has 1 aromatic carbocycles. The van der Waals surface area contributed by atoms with Gasteiger partial charge in [-0.3, -0.25) is 0 Å². The number of benzene rings is 1. The van der Waals surface area contributed by atoms with Crippen molar-refractivity contribution in [3.63, 3.8) is 0 Å². The highest BCUT2D eigenvalue weighted by Crippen LogP contribution is 2.29. The van der Waals surface area contributed by atoms with Crippen LogP contribution in [0.3, 0.4) is 0 Å². The van der Waals surface area contributed by atoms with Crippen LogP contribution in [0.5, 0.6) is 5.75 Å². The summed E-state index contributed by atoms with van der Waals surface area (Å²) in [6.45, 7) is 2.92. The fourth-order valence-corrected chi connectivity index (χ4v) is 2.39. The van der Waals surface area contributed by atoms with E-state index >= 15 is 0 Å². The molecule has 1 aliphatic heterocycles. The maximum absolute atomic E-state index is 5.51. The highest BCUT2D eigenvalue weighted by Gasteiger charge is 2.14. The zero-order valence-electron chi connectivity index (χ0n) is 10.7. The van der Waals surface area contributed by atoms with Gasteiger partial charge in [-0.25, -0.2) is 4.98 Å². The largest absolute Gasteiger partial charge is 0.493 e. The molecule has 0 bridgehead atoms. The number of nitrogens with zero attached hydrogens (tertiary/aromatic N) is 2. The molecule has 0 spiro atoms. The summed E-state index contributed by atoms with van der Waals surface area (Å²) in [6.07, 6.45) is 4.79. The maximum Gasteiger partial charge on any atom is 0.130 e. The number of fused-ring (bicyclic) bond motifs is 1. The molecule has 1 N–H and O–H groups in total. The van der Waals surface area contributed by atoms with E-state index in [0.29, 0.717) is 0 Å². The van der Waals surface area contributed by atoms with Crippen LogP contribution in [-0.4, -0.2) is 16.2 Å². The molecule has 1 unspecified atom stereocenters.